The molecule has 0 saturated heterocycles. The summed E-state index contributed by atoms with van der Waals surface area (Å²) in [5, 5.41) is 0. The highest BCUT2D eigenvalue weighted by atomic mass is 79.9. The lowest BCUT2D eigenvalue weighted by molar-refractivity contribution is 0.444. The average Bonchev–Trinajstić information content (AvgIpc) is 2.36. The van der Waals surface area contributed by atoms with Crippen LogP contribution in [0.25, 0.3) is 0 Å². The molecule has 1 nitrogen and oxygen atoms in total. The lowest BCUT2D eigenvalue weighted by Crippen LogP contribution is -2.38. The molecule has 0 fully saturated rings. The molecule has 0 N–H and O–H groups in total. The van der Waals surface area contributed by atoms with Crippen LogP contribution in [-0.2, 0) is 5.41 Å². The second kappa shape index (κ2) is 3.51. The van der Waals surface area contributed by atoms with Crippen molar-refractivity contribution in [1.29, 1.82) is 0 Å². The molecular weight excluding hydrogens is 250 g/mol. The number of benzene rings is 1. The highest BCUT2D eigenvalue weighted by molar-refractivity contribution is 9.10. The van der Waals surface area contributed by atoms with E-state index in [2.05, 4.69) is 66.7 Å². The summed E-state index contributed by atoms with van der Waals surface area (Å²) in [7, 11) is 0. The van der Waals surface area contributed by atoms with Crippen LogP contribution in [0.15, 0.2) is 22.7 Å². The van der Waals surface area contributed by atoms with Crippen LogP contribution < -0.4 is 4.90 Å². The van der Waals surface area contributed by atoms with Crippen molar-refractivity contribution in [3.63, 3.8) is 0 Å². The van der Waals surface area contributed by atoms with Gasteiger partial charge in [0.2, 0.25) is 0 Å². The number of halogens is 1. The molecule has 0 spiro atoms. The zero-order chi connectivity index (χ0) is 11.2. The van der Waals surface area contributed by atoms with E-state index in [-0.39, 0.29) is 5.41 Å². The fourth-order valence-electron chi connectivity index (χ4n) is 2.64. The Morgan fingerprint density at radius 2 is 2.07 bits per heavy atom. The van der Waals surface area contributed by atoms with E-state index >= 15 is 0 Å². The number of nitrogens with zero attached hydrogens (tertiary/aromatic N) is 1. The Morgan fingerprint density at radius 3 is 2.67 bits per heavy atom. The van der Waals surface area contributed by atoms with Crippen LogP contribution in [0.1, 0.15) is 33.3 Å². The van der Waals surface area contributed by atoms with Gasteiger partial charge in [-0.3, -0.25) is 0 Å². The molecule has 0 aliphatic carbocycles. The molecule has 0 radical (unpaired) electrons. The van der Waals surface area contributed by atoms with Crippen LogP contribution in [0.5, 0.6) is 0 Å². The van der Waals surface area contributed by atoms with Crippen molar-refractivity contribution in [2.24, 2.45) is 0 Å². The molecule has 1 atom stereocenters. The first-order valence-electron chi connectivity index (χ1n) is 5.55. The summed E-state index contributed by atoms with van der Waals surface area (Å²) >= 11 is 3.68. The van der Waals surface area contributed by atoms with Gasteiger partial charge in [-0.15, -0.1) is 0 Å². The summed E-state index contributed by atoms with van der Waals surface area (Å²) in [4.78, 5) is 2.49. The maximum atomic E-state index is 3.68. The number of rotatable bonds is 1. The summed E-state index contributed by atoms with van der Waals surface area (Å²) in [6.45, 7) is 10.3. The molecule has 1 unspecified atom stereocenters. The molecule has 0 amide bonds. The predicted octanol–water partition coefficient (Wildman–Crippen LogP) is 3.96. The summed E-state index contributed by atoms with van der Waals surface area (Å²) in [5.41, 5.74) is 3.08. The molecule has 2 rings (SSSR count). The summed E-state index contributed by atoms with van der Waals surface area (Å²) in [6, 6.07) is 7.07. The molecular formula is C13H18BrN. The fraction of sp³-hybridized carbons (Fsp3) is 0.538. The Labute approximate surface area is 101 Å². The number of hydrogen-bond donors (Lipinski definition) is 0. The van der Waals surface area contributed by atoms with Crippen LogP contribution >= 0.6 is 15.9 Å². The van der Waals surface area contributed by atoms with E-state index in [1.54, 1.807) is 0 Å². The first-order valence-corrected chi connectivity index (χ1v) is 6.35. The fourth-order valence-corrected chi connectivity index (χ4v) is 3.51. The highest BCUT2D eigenvalue weighted by Crippen LogP contribution is 2.47. The van der Waals surface area contributed by atoms with Crippen LogP contribution in [0, 0.1) is 0 Å². The average molecular weight is 268 g/mol. The first kappa shape index (κ1) is 11.0. The van der Waals surface area contributed by atoms with Gasteiger partial charge in [0.1, 0.15) is 0 Å². The minimum absolute atomic E-state index is 0.228. The maximum Gasteiger partial charge on any atom is 0.0419 e. The van der Waals surface area contributed by atoms with Crippen molar-refractivity contribution in [1.82, 2.24) is 0 Å². The molecule has 0 bridgehead atoms. The number of fused-ring (bicyclic) bond motifs is 1. The third kappa shape index (κ3) is 1.42. The minimum atomic E-state index is 0.228. The number of hydrogen-bond acceptors (Lipinski definition) is 1. The Bertz CT molecular complexity index is 384. The largest absolute Gasteiger partial charge is 0.368 e. The van der Waals surface area contributed by atoms with Gasteiger partial charge in [0, 0.05) is 28.2 Å². The van der Waals surface area contributed by atoms with Gasteiger partial charge in [-0.05, 0) is 31.5 Å². The molecule has 1 aromatic rings. The number of anilines is 1. The standard InChI is InChI=1S/C13H18BrN/c1-5-15-9(2)13(3,4)12-10(14)7-6-8-11(12)15/h6-9H,5H2,1-4H3. The predicted molar refractivity (Wildman–Crippen MR) is 69.7 cm³/mol. The highest BCUT2D eigenvalue weighted by Gasteiger charge is 2.42. The van der Waals surface area contributed by atoms with Crippen molar-refractivity contribution in [2.75, 3.05) is 11.4 Å². The molecule has 1 aliphatic heterocycles. The second-order valence-corrected chi connectivity index (χ2v) is 5.67. The smallest absolute Gasteiger partial charge is 0.0419 e. The summed E-state index contributed by atoms with van der Waals surface area (Å²) in [5.74, 6) is 0. The van der Waals surface area contributed by atoms with Crippen LogP contribution in [-0.4, -0.2) is 12.6 Å². The topological polar surface area (TPSA) is 3.24 Å². The van der Waals surface area contributed by atoms with Crippen molar-refractivity contribution < 1.29 is 0 Å². The Morgan fingerprint density at radius 1 is 1.40 bits per heavy atom. The van der Waals surface area contributed by atoms with E-state index in [1.807, 2.05) is 0 Å². The van der Waals surface area contributed by atoms with E-state index in [0.29, 0.717) is 6.04 Å². The molecule has 1 aliphatic rings. The van der Waals surface area contributed by atoms with Gasteiger partial charge in [0.15, 0.2) is 0 Å². The van der Waals surface area contributed by atoms with Crippen LogP contribution in [0.4, 0.5) is 5.69 Å². The zero-order valence-electron chi connectivity index (χ0n) is 9.84. The SMILES string of the molecule is CCN1c2cccc(Br)c2C(C)(C)C1C. The van der Waals surface area contributed by atoms with E-state index in [0.717, 1.165) is 6.54 Å². The lowest BCUT2D eigenvalue weighted by Gasteiger charge is -2.30. The molecule has 2 heteroatoms. The van der Waals surface area contributed by atoms with E-state index in [1.165, 1.54) is 15.7 Å². The van der Waals surface area contributed by atoms with Crippen molar-refractivity contribution >= 4 is 21.6 Å². The van der Waals surface area contributed by atoms with Crippen LogP contribution in [0.3, 0.4) is 0 Å². The van der Waals surface area contributed by atoms with Crippen molar-refractivity contribution in [3.8, 4) is 0 Å². The van der Waals surface area contributed by atoms with Gasteiger partial charge in [0.05, 0.1) is 0 Å². The molecule has 0 saturated carbocycles. The van der Waals surface area contributed by atoms with Gasteiger partial charge in [0.25, 0.3) is 0 Å². The molecule has 1 aromatic carbocycles. The van der Waals surface area contributed by atoms with Gasteiger partial charge in [-0.2, -0.15) is 0 Å². The summed E-state index contributed by atoms with van der Waals surface area (Å²) < 4.78 is 1.24. The number of likely N-dealkylation sites (N-methyl/N-ethyl adjacent to an activating group) is 1. The monoisotopic (exact) mass is 267 g/mol. The van der Waals surface area contributed by atoms with Crippen LogP contribution in [0.2, 0.25) is 0 Å². The normalized spacial score (nSPS) is 23.0. The third-order valence-corrected chi connectivity index (χ3v) is 4.46. The van der Waals surface area contributed by atoms with Gasteiger partial charge >= 0.3 is 0 Å². The Kier molecular flexibility index (Phi) is 2.58. The third-order valence-electron chi connectivity index (χ3n) is 3.80. The van der Waals surface area contributed by atoms with E-state index in [9.17, 15) is 0 Å². The van der Waals surface area contributed by atoms with E-state index in [4.69, 9.17) is 0 Å². The Balaban J connectivity index is 2.65. The Hall–Kier alpha value is -0.500. The van der Waals surface area contributed by atoms with E-state index < -0.39 is 0 Å². The quantitative estimate of drug-likeness (QED) is 0.745. The van der Waals surface area contributed by atoms with Crippen molar-refractivity contribution in [3.05, 3.63) is 28.2 Å². The summed E-state index contributed by atoms with van der Waals surface area (Å²) in [6.07, 6.45) is 0. The first-order chi connectivity index (χ1) is 7.00. The minimum Gasteiger partial charge on any atom is -0.368 e. The van der Waals surface area contributed by atoms with Crippen molar-refractivity contribution in [2.45, 2.75) is 39.2 Å². The zero-order valence-corrected chi connectivity index (χ0v) is 11.4. The van der Waals surface area contributed by atoms with Gasteiger partial charge < -0.3 is 4.90 Å². The molecule has 15 heavy (non-hydrogen) atoms. The molecule has 0 aromatic heterocycles. The second-order valence-electron chi connectivity index (χ2n) is 4.82. The van der Waals surface area contributed by atoms with Gasteiger partial charge in [-0.25, -0.2) is 0 Å². The molecule has 1 heterocycles. The molecule has 82 valence electrons. The van der Waals surface area contributed by atoms with Gasteiger partial charge in [-0.1, -0.05) is 35.8 Å². The maximum absolute atomic E-state index is 3.68. The lowest BCUT2D eigenvalue weighted by atomic mass is 9.81.